The summed E-state index contributed by atoms with van der Waals surface area (Å²) in [4.78, 5) is 12.3. The molecule has 5 nitrogen and oxygen atoms in total. The van der Waals surface area contributed by atoms with Gasteiger partial charge in [-0.05, 0) is 64.2 Å². The monoisotopic (exact) mass is 578 g/mol. The molecule has 0 aromatic heterocycles. The zero-order valence-corrected chi connectivity index (χ0v) is 26.9. The van der Waals surface area contributed by atoms with Crippen LogP contribution in [0.15, 0.2) is 36.5 Å². The van der Waals surface area contributed by atoms with Crippen LogP contribution in [0.3, 0.4) is 0 Å². The maximum absolute atomic E-state index is 12.3. The Bertz CT molecular complexity index is 645. The predicted octanol–water partition coefficient (Wildman–Crippen LogP) is 8.87. The average Bonchev–Trinajstić information content (AvgIpc) is 2.97. The summed E-state index contributed by atoms with van der Waals surface area (Å²) in [5, 5.41) is 33.1. The molecule has 0 aromatic carbocycles. The van der Waals surface area contributed by atoms with E-state index in [0.717, 1.165) is 38.5 Å². The van der Waals surface area contributed by atoms with Gasteiger partial charge in [-0.25, -0.2) is 0 Å². The second kappa shape index (κ2) is 31.5. The molecular formula is C36H67NO4. The highest BCUT2D eigenvalue weighted by molar-refractivity contribution is 5.76. The van der Waals surface area contributed by atoms with E-state index in [0.29, 0.717) is 12.8 Å². The van der Waals surface area contributed by atoms with E-state index in [-0.39, 0.29) is 12.5 Å². The fourth-order valence-electron chi connectivity index (χ4n) is 4.97. The van der Waals surface area contributed by atoms with E-state index in [1.807, 2.05) is 0 Å². The standard InChI is InChI=1S/C36H67NO4/c1-3-5-7-9-11-13-14-15-16-17-18-19-20-21-22-23-25-27-29-31-35(40)37-33(32-38)36(41)34(39)30-28-26-24-12-10-8-6-4-2/h11-15,24,33-34,36,38-39,41H,3-10,16-23,25-32H2,1-2H3,(H,37,40)/b13-11-,15-14-,24-12+. The van der Waals surface area contributed by atoms with Crippen molar-refractivity contribution in [3.63, 3.8) is 0 Å². The third-order valence-electron chi connectivity index (χ3n) is 7.74. The second-order valence-electron chi connectivity index (χ2n) is 11.7. The molecular weight excluding hydrogens is 510 g/mol. The summed E-state index contributed by atoms with van der Waals surface area (Å²) in [7, 11) is 0. The molecule has 0 aliphatic rings. The Labute approximate surface area is 254 Å². The lowest BCUT2D eigenvalue weighted by atomic mass is 10.0. The number of amides is 1. The topological polar surface area (TPSA) is 89.8 Å². The quantitative estimate of drug-likeness (QED) is 0.0390. The van der Waals surface area contributed by atoms with Gasteiger partial charge in [-0.1, -0.05) is 127 Å². The number of carbonyl (C=O) groups excluding carboxylic acids is 1. The third-order valence-corrected chi connectivity index (χ3v) is 7.74. The van der Waals surface area contributed by atoms with Crippen molar-refractivity contribution in [2.24, 2.45) is 0 Å². The van der Waals surface area contributed by atoms with E-state index >= 15 is 0 Å². The van der Waals surface area contributed by atoms with Gasteiger partial charge < -0.3 is 20.6 Å². The third kappa shape index (κ3) is 27.2. The lowest BCUT2D eigenvalue weighted by molar-refractivity contribution is -0.124. The average molecular weight is 578 g/mol. The number of rotatable bonds is 30. The first-order chi connectivity index (χ1) is 20.1. The molecule has 4 N–H and O–H groups in total. The largest absolute Gasteiger partial charge is 0.394 e. The van der Waals surface area contributed by atoms with E-state index in [2.05, 4.69) is 55.6 Å². The van der Waals surface area contributed by atoms with Gasteiger partial charge in [0.05, 0.1) is 18.8 Å². The van der Waals surface area contributed by atoms with Gasteiger partial charge in [-0.2, -0.15) is 0 Å². The molecule has 0 aromatic rings. The van der Waals surface area contributed by atoms with E-state index < -0.39 is 18.2 Å². The Kier molecular flexibility index (Phi) is 30.4. The summed E-state index contributed by atoms with van der Waals surface area (Å²) < 4.78 is 0. The van der Waals surface area contributed by atoms with Gasteiger partial charge in [0.2, 0.25) is 5.91 Å². The summed E-state index contributed by atoms with van der Waals surface area (Å²) in [5.74, 6) is -0.164. The molecule has 0 saturated heterocycles. The predicted molar refractivity (Wildman–Crippen MR) is 176 cm³/mol. The molecule has 0 radical (unpaired) electrons. The van der Waals surface area contributed by atoms with Crippen molar-refractivity contribution in [3.05, 3.63) is 36.5 Å². The minimum Gasteiger partial charge on any atom is -0.394 e. The summed E-state index contributed by atoms with van der Waals surface area (Å²) in [6.07, 6.45) is 36.7. The first-order valence-corrected chi connectivity index (χ1v) is 17.3. The molecule has 0 spiro atoms. The van der Waals surface area contributed by atoms with Crippen molar-refractivity contribution < 1.29 is 20.1 Å². The van der Waals surface area contributed by atoms with Crippen molar-refractivity contribution in [2.45, 2.75) is 180 Å². The Morgan fingerprint density at radius 1 is 0.610 bits per heavy atom. The Morgan fingerprint density at radius 2 is 1.05 bits per heavy atom. The van der Waals surface area contributed by atoms with Crippen molar-refractivity contribution in [2.75, 3.05) is 6.61 Å². The van der Waals surface area contributed by atoms with Crippen molar-refractivity contribution in [1.82, 2.24) is 5.32 Å². The molecule has 3 atom stereocenters. The molecule has 5 heteroatoms. The SMILES string of the molecule is CCCCC/C=C\C=C/CCCCCCCCCCCCC(=O)NC(CO)C(O)C(O)CCC/C=C/CCCCC. The highest BCUT2D eigenvalue weighted by atomic mass is 16.3. The van der Waals surface area contributed by atoms with Crippen LogP contribution in [-0.2, 0) is 4.79 Å². The van der Waals surface area contributed by atoms with Crippen LogP contribution in [0.5, 0.6) is 0 Å². The number of hydrogen-bond donors (Lipinski definition) is 4. The molecule has 240 valence electrons. The molecule has 0 fully saturated rings. The summed E-state index contributed by atoms with van der Waals surface area (Å²) in [6.45, 7) is 4.05. The van der Waals surface area contributed by atoms with Crippen molar-refractivity contribution in [1.29, 1.82) is 0 Å². The van der Waals surface area contributed by atoms with Crippen LogP contribution in [0, 0.1) is 0 Å². The van der Waals surface area contributed by atoms with E-state index in [9.17, 15) is 20.1 Å². The normalized spacial score (nSPS) is 14.4. The van der Waals surface area contributed by atoms with Gasteiger partial charge in [0.15, 0.2) is 0 Å². The minimum atomic E-state index is -1.16. The molecule has 41 heavy (non-hydrogen) atoms. The van der Waals surface area contributed by atoms with Crippen molar-refractivity contribution in [3.8, 4) is 0 Å². The highest BCUT2D eigenvalue weighted by Gasteiger charge is 2.26. The second-order valence-corrected chi connectivity index (χ2v) is 11.7. The van der Waals surface area contributed by atoms with Crippen LogP contribution >= 0.6 is 0 Å². The smallest absolute Gasteiger partial charge is 0.220 e. The summed E-state index contributed by atoms with van der Waals surface area (Å²) >= 11 is 0. The highest BCUT2D eigenvalue weighted by Crippen LogP contribution is 2.13. The number of unbranched alkanes of at least 4 members (excludes halogenated alkanes) is 17. The number of hydrogen-bond acceptors (Lipinski definition) is 4. The first kappa shape index (κ1) is 39.6. The molecule has 0 aliphatic carbocycles. The summed E-state index contributed by atoms with van der Waals surface area (Å²) in [6, 6.07) is -0.824. The molecule has 1 amide bonds. The number of aliphatic hydroxyl groups excluding tert-OH is 3. The Morgan fingerprint density at radius 3 is 1.56 bits per heavy atom. The van der Waals surface area contributed by atoms with Crippen LogP contribution in [0.4, 0.5) is 0 Å². The molecule has 3 unspecified atom stereocenters. The molecule has 0 saturated carbocycles. The number of nitrogens with one attached hydrogen (secondary N) is 1. The van der Waals surface area contributed by atoms with Gasteiger partial charge in [0.25, 0.3) is 0 Å². The zero-order valence-electron chi connectivity index (χ0n) is 26.9. The lowest BCUT2D eigenvalue weighted by Crippen LogP contribution is -2.50. The van der Waals surface area contributed by atoms with Gasteiger partial charge >= 0.3 is 0 Å². The fourth-order valence-corrected chi connectivity index (χ4v) is 4.97. The molecule has 0 heterocycles. The maximum Gasteiger partial charge on any atom is 0.220 e. The van der Waals surface area contributed by atoms with E-state index in [1.165, 1.54) is 96.3 Å². The van der Waals surface area contributed by atoms with Crippen LogP contribution in [-0.4, -0.2) is 46.1 Å². The van der Waals surface area contributed by atoms with Crippen LogP contribution in [0.2, 0.25) is 0 Å². The lowest BCUT2D eigenvalue weighted by Gasteiger charge is -2.26. The molecule has 0 rings (SSSR count). The van der Waals surface area contributed by atoms with Crippen LogP contribution < -0.4 is 5.32 Å². The van der Waals surface area contributed by atoms with Gasteiger partial charge in [0.1, 0.15) is 6.10 Å². The number of carbonyl (C=O) groups is 1. The molecule has 0 bridgehead atoms. The van der Waals surface area contributed by atoms with Crippen LogP contribution in [0.25, 0.3) is 0 Å². The van der Waals surface area contributed by atoms with Gasteiger partial charge in [-0.15, -0.1) is 0 Å². The zero-order chi connectivity index (χ0) is 30.2. The maximum atomic E-state index is 12.3. The van der Waals surface area contributed by atoms with Gasteiger partial charge in [-0.3, -0.25) is 4.79 Å². The Hall–Kier alpha value is -1.43. The van der Waals surface area contributed by atoms with Crippen molar-refractivity contribution >= 4 is 5.91 Å². The fraction of sp³-hybridized carbons (Fsp3) is 0.806. The Balaban J connectivity index is 3.69. The minimum absolute atomic E-state index is 0.164. The number of aliphatic hydroxyl groups is 3. The molecule has 0 aliphatic heterocycles. The first-order valence-electron chi connectivity index (χ1n) is 17.3. The number of allylic oxidation sites excluding steroid dienone is 6. The van der Waals surface area contributed by atoms with E-state index in [1.54, 1.807) is 0 Å². The van der Waals surface area contributed by atoms with Crippen LogP contribution in [0.1, 0.15) is 162 Å². The van der Waals surface area contributed by atoms with Gasteiger partial charge in [0, 0.05) is 6.42 Å². The summed E-state index contributed by atoms with van der Waals surface area (Å²) in [5.41, 5.74) is 0. The van der Waals surface area contributed by atoms with E-state index in [4.69, 9.17) is 0 Å².